The number of halogens is 1. The molecule has 3 heterocycles. The van der Waals surface area contributed by atoms with Crippen molar-refractivity contribution in [1.29, 1.82) is 0 Å². The fourth-order valence-corrected chi connectivity index (χ4v) is 4.23. The number of hydrogen-bond donors (Lipinski definition) is 0. The number of imide groups is 1. The molecule has 0 radical (unpaired) electrons. The Morgan fingerprint density at radius 1 is 1.21 bits per heavy atom. The summed E-state index contributed by atoms with van der Waals surface area (Å²) in [6.45, 7) is 2.85. The van der Waals surface area contributed by atoms with Gasteiger partial charge in [-0.15, -0.1) is 0 Å². The van der Waals surface area contributed by atoms with Crippen molar-refractivity contribution in [2.24, 2.45) is 0 Å². The highest BCUT2D eigenvalue weighted by Crippen LogP contribution is 2.40. The zero-order valence-electron chi connectivity index (χ0n) is 13.4. The van der Waals surface area contributed by atoms with E-state index >= 15 is 0 Å². The summed E-state index contributed by atoms with van der Waals surface area (Å²) in [6, 6.07) is 6.00. The van der Waals surface area contributed by atoms with E-state index in [-0.39, 0.29) is 17.8 Å². The van der Waals surface area contributed by atoms with Gasteiger partial charge in [-0.25, -0.2) is 9.69 Å². The summed E-state index contributed by atoms with van der Waals surface area (Å²) < 4.78 is 0. The van der Waals surface area contributed by atoms with Crippen LogP contribution in [0.4, 0.5) is 10.5 Å². The minimum atomic E-state index is -0.777. The lowest BCUT2D eigenvalue weighted by Crippen LogP contribution is -2.47. The first kappa shape index (κ1) is 15.4. The van der Waals surface area contributed by atoms with E-state index in [9.17, 15) is 14.4 Å². The summed E-state index contributed by atoms with van der Waals surface area (Å²) in [6.07, 6.45) is 1.94. The quantitative estimate of drug-likeness (QED) is 0.771. The van der Waals surface area contributed by atoms with E-state index < -0.39 is 11.6 Å². The minimum absolute atomic E-state index is 0.219. The fourth-order valence-electron chi connectivity index (χ4n) is 4.05. The Morgan fingerprint density at radius 3 is 2.71 bits per heavy atom. The first-order valence-electron chi connectivity index (χ1n) is 8.16. The van der Waals surface area contributed by atoms with Crippen LogP contribution in [0.25, 0.3) is 0 Å². The van der Waals surface area contributed by atoms with Crippen molar-refractivity contribution < 1.29 is 14.4 Å². The lowest BCUT2D eigenvalue weighted by atomic mass is 9.99. The highest BCUT2D eigenvalue weighted by Gasteiger charge is 2.60. The van der Waals surface area contributed by atoms with Gasteiger partial charge in [0.25, 0.3) is 5.91 Å². The van der Waals surface area contributed by atoms with Gasteiger partial charge < -0.3 is 9.80 Å². The number of amides is 4. The second kappa shape index (κ2) is 5.21. The van der Waals surface area contributed by atoms with Crippen molar-refractivity contribution >= 4 is 35.1 Å². The molecule has 0 bridgehead atoms. The Balaban J connectivity index is 1.61. The summed E-state index contributed by atoms with van der Waals surface area (Å²) in [4.78, 5) is 42.7. The predicted molar refractivity (Wildman–Crippen MR) is 88.8 cm³/mol. The van der Waals surface area contributed by atoms with E-state index in [0.29, 0.717) is 36.6 Å². The molecule has 0 spiro atoms. The molecule has 0 N–H and O–H groups in total. The van der Waals surface area contributed by atoms with Crippen LogP contribution < -0.4 is 4.90 Å². The highest BCUT2D eigenvalue weighted by atomic mass is 35.5. The molecule has 0 saturated carbocycles. The molecule has 0 aromatic heterocycles. The van der Waals surface area contributed by atoms with Crippen molar-refractivity contribution in [2.45, 2.75) is 37.8 Å². The normalized spacial score (nSPS) is 29.8. The summed E-state index contributed by atoms with van der Waals surface area (Å²) in [5, 5.41) is 0.547. The van der Waals surface area contributed by atoms with E-state index in [1.165, 1.54) is 4.90 Å². The van der Waals surface area contributed by atoms with Gasteiger partial charge in [0, 0.05) is 23.8 Å². The van der Waals surface area contributed by atoms with E-state index in [4.69, 9.17) is 11.6 Å². The van der Waals surface area contributed by atoms with E-state index in [1.807, 2.05) is 0 Å². The maximum absolute atomic E-state index is 12.8. The molecule has 4 rings (SSSR count). The molecule has 3 saturated heterocycles. The lowest BCUT2D eigenvalue weighted by molar-refractivity contribution is -0.136. The van der Waals surface area contributed by atoms with E-state index in [0.717, 1.165) is 6.42 Å². The topological polar surface area (TPSA) is 60.9 Å². The molecule has 24 heavy (non-hydrogen) atoms. The van der Waals surface area contributed by atoms with Crippen LogP contribution >= 0.6 is 11.6 Å². The molecule has 1 aromatic rings. The Bertz CT molecular complexity index is 752. The summed E-state index contributed by atoms with van der Waals surface area (Å²) >= 11 is 6.00. The number of urea groups is 1. The lowest BCUT2D eigenvalue weighted by Gasteiger charge is -2.23. The van der Waals surface area contributed by atoms with Gasteiger partial charge in [-0.3, -0.25) is 9.59 Å². The molecule has 2 atom stereocenters. The number of anilines is 1. The number of fused-ring (bicyclic) bond motifs is 1. The largest absolute Gasteiger partial charge is 0.328 e. The second-order valence-corrected chi connectivity index (χ2v) is 7.20. The first-order chi connectivity index (χ1) is 11.4. The molecule has 0 unspecified atom stereocenters. The second-order valence-electron chi connectivity index (χ2n) is 6.76. The smallest absolute Gasteiger partial charge is 0.310 e. The summed E-state index contributed by atoms with van der Waals surface area (Å²) in [5.74, 6) is -0.458. The van der Waals surface area contributed by atoms with E-state index in [1.54, 1.807) is 41.0 Å². The van der Waals surface area contributed by atoms with Gasteiger partial charge >= 0.3 is 6.03 Å². The molecule has 0 aliphatic carbocycles. The maximum atomic E-state index is 12.8. The standard InChI is InChI=1S/C17H18ClN3O3/c1-17-7-3-8-20(17)16(24)21(15(17)23)13-6-9-19(14(13)22)12-5-2-4-11(18)10-12/h2,4-5,10,13H,3,6-9H2,1H3/t13-,17+/m1/s1. The van der Waals surface area contributed by atoms with Gasteiger partial charge in [-0.2, -0.15) is 0 Å². The zero-order valence-corrected chi connectivity index (χ0v) is 14.1. The number of carbonyl (C=O) groups excluding carboxylic acids is 3. The van der Waals surface area contributed by atoms with Gasteiger partial charge in [0.1, 0.15) is 11.6 Å². The molecule has 3 aliphatic rings. The van der Waals surface area contributed by atoms with Crippen LogP contribution in [0.3, 0.4) is 0 Å². The number of nitrogens with zero attached hydrogens (tertiary/aromatic N) is 3. The fraction of sp³-hybridized carbons (Fsp3) is 0.471. The molecular formula is C17H18ClN3O3. The van der Waals surface area contributed by atoms with Gasteiger partial charge in [0.15, 0.2) is 0 Å². The predicted octanol–water partition coefficient (Wildman–Crippen LogP) is 2.26. The van der Waals surface area contributed by atoms with Crippen molar-refractivity contribution in [1.82, 2.24) is 9.80 Å². The van der Waals surface area contributed by atoms with Gasteiger partial charge in [0.2, 0.25) is 5.91 Å². The Morgan fingerprint density at radius 2 is 2.00 bits per heavy atom. The van der Waals surface area contributed by atoms with Crippen LogP contribution in [0.2, 0.25) is 5.02 Å². The molecule has 6 nitrogen and oxygen atoms in total. The van der Waals surface area contributed by atoms with E-state index in [2.05, 4.69) is 0 Å². The van der Waals surface area contributed by atoms with Crippen LogP contribution in [-0.2, 0) is 9.59 Å². The minimum Gasteiger partial charge on any atom is -0.310 e. The third kappa shape index (κ3) is 1.99. The maximum Gasteiger partial charge on any atom is 0.328 e. The van der Waals surface area contributed by atoms with Gasteiger partial charge in [-0.05, 0) is 44.4 Å². The molecule has 126 valence electrons. The van der Waals surface area contributed by atoms with Crippen LogP contribution in [0.5, 0.6) is 0 Å². The zero-order chi connectivity index (χ0) is 17.1. The molecule has 4 amide bonds. The SMILES string of the molecule is C[C@@]12CCCN1C(=O)N([C@@H]1CCN(c3cccc(Cl)c3)C1=O)C2=O. The summed E-state index contributed by atoms with van der Waals surface area (Å²) in [5.41, 5.74) is -0.0818. The number of rotatable bonds is 2. The van der Waals surface area contributed by atoms with Gasteiger partial charge in [-0.1, -0.05) is 17.7 Å². The van der Waals surface area contributed by atoms with Crippen LogP contribution in [-0.4, -0.2) is 52.3 Å². The first-order valence-corrected chi connectivity index (χ1v) is 8.53. The molecule has 3 aliphatic heterocycles. The average Bonchev–Trinajstić information content (AvgIpc) is 3.16. The van der Waals surface area contributed by atoms with Crippen LogP contribution in [0, 0.1) is 0 Å². The Kier molecular flexibility index (Phi) is 3.35. The third-order valence-electron chi connectivity index (χ3n) is 5.37. The Hall–Kier alpha value is -2.08. The molecule has 3 fully saturated rings. The van der Waals surface area contributed by atoms with Crippen molar-refractivity contribution in [2.75, 3.05) is 18.0 Å². The molecule has 7 heteroatoms. The average molecular weight is 348 g/mol. The third-order valence-corrected chi connectivity index (χ3v) is 5.60. The highest BCUT2D eigenvalue weighted by molar-refractivity contribution is 6.31. The number of benzene rings is 1. The number of carbonyl (C=O) groups is 3. The summed E-state index contributed by atoms with van der Waals surface area (Å²) in [7, 11) is 0. The van der Waals surface area contributed by atoms with Gasteiger partial charge in [0.05, 0.1) is 0 Å². The van der Waals surface area contributed by atoms with Crippen molar-refractivity contribution in [3.8, 4) is 0 Å². The number of hydrogen-bond acceptors (Lipinski definition) is 3. The molecular weight excluding hydrogens is 330 g/mol. The van der Waals surface area contributed by atoms with Crippen molar-refractivity contribution in [3.63, 3.8) is 0 Å². The monoisotopic (exact) mass is 347 g/mol. The van der Waals surface area contributed by atoms with Crippen LogP contribution in [0.15, 0.2) is 24.3 Å². The molecule has 1 aromatic carbocycles. The van der Waals surface area contributed by atoms with Crippen LogP contribution in [0.1, 0.15) is 26.2 Å². The van der Waals surface area contributed by atoms with Crippen molar-refractivity contribution in [3.05, 3.63) is 29.3 Å². The Labute approximate surface area is 144 Å².